The molecule has 0 fully saturated rings. The van der Waals surface area contributed by atoms with Crippen molar-refractivity contribution in [2.45, 2.75) is 52.6 Å². The summed E-state index contributed by atoms with van der Waals surface area (Å²) < 4.78 is 0. The van der Waals surface area contributed by atoms with Crippen LogP contribution in [0.4, 0.5) is 4.79 Å². The average molecular weight is 445 g/mol. The highest BCUT2D eigenvalue weighted by Crippen LogP contribution is 2.33. The first-order valence-corrected chi connectivity index (χ1v) is 10.8. The van der Waals surface area contributed by atoms with Crippen molar-refractivity contribution in [3.8, 4) is 0 Å². The number of nitrogens with zero attached hydrogens (tertiary/aromatic N) is 4. The number of halogens is 1. The number of fused-ring (bicyclic) bond motifs is 1. The highest BCUT2D eigenvalue weighted by molar-refractivity contribution is 6.32. The van der Waals surface area contributed by atoms with Gasteiger partial charge in [-0.2, -0.15) is 0 Å². The van der Waals surface area contributed by atoms with Gasteiger partial charge >= 0.3 is 6.09 Å². The smallest absolute Gasteiger partial charge is 0.407 e. The van der Waals surface area contributed by atoms with Crippen molar-refractivity contribution in [2.24, 2.45) is 5.92 Å². The molecule has 2 aromatic rings. The van der Waals surface area contributed by atoms with Crippen molar-refractivity contribution in [3.63, 3.8) is 0 Å². The number of carboxylic acid groups (broad SMARTS) is 1. The number of carbonyl (C=O) groups excluding carboxylic acids is 1. The lowest BCUT2D eigenvalue weighted by atomic mass is 9.93. The highest BCUT2D eigenvalue weighted by atomic mass is 35.5. The topological polar surface area (TPSA) is 86.6 Å². The number of carbonyl (C=O) groups is 2. The van der Waals surface area contributed by atoms with Gasteiger partial charge in [-0.1, -0.05) is 70.5 Å². The second-order valence-corrected chi connectivity index (χ2v) is 9.74. The molecule has 8 heteroatoms. The summed E-state index contributed by atoms with van der Waals surface area (Å²) in [5.74, 6) is 0.431. The third-order valence-corrected chi connectivity index (χ3v) is 5.57. The largest absolute Gasteiger partial charge is 0.465 e. The van der Waals surface area contributed by atoms with Gasteiger partial charge in [0, 0.05) is 31.2 Å². The van der Waals surface area contributed by atoms with Crippen LogP contribution < -0.4 is 0 Å². The molecule has 2 heterocycles. The zero-order valence-electron chi connectivity index (χ0n) is 18.6. The van der Waals surface area contributed by atoms with Gasteiger partial charge < -0.3 is 14.9 Å². The van der Waals surface area contributed by atoms with Crippen molar-refractivity contribution >= 4 is 23.6 Å². The average Bonchev–Trinajstić information content (AvgIpc) is 2.69. The van der Waals surface area contributed by atoms with Crippen molar-refractivity contribution < 1.29 is 14.7 Å². The molecule has 0 aliphatic carbocycles. The Bertz CT molecular complexity index is 987. The minimum atomic E-state index is -1.01. The Kier molecular flexibility index (Phi) is 6.55. The molecule has 0 bridgehead atoms. The monoisotopic (exact) mass is 444 g/mol. The van der Waals surface area contributed by atoms with Crippen LogP contribution in [0.5, 0.6) is 0 Å². The second-order valence-electron chi connectivity index (χ2n) is 9.38. The van der Waals surface area contributed by atoms with Crippen LogP contribution in [-0.2, 0) is 12.0 Å². The summed E-state index contributed by atoms with van der Waals surface area (Å²) in [5.41, 5.74) is 1.78. The fraction of sp³-hybridized carbons (Fsp3) is 0.478. The van der Waals surface area contributed by atoms with E-state index in [4.69, 9.17) is 11.6 Å². The molecule has 31 heavy (non-hydrogen) atoms. The zero-order valence-corrected chi connectivity index (χ0v) is 19.3. The first-order chi connectivity index (χ1) is 14.5. The minimum absolute atomic E-state index is 0.109. The molecule has 0 spiro atoms. The summed E-state index contributed by atoms with van der Waals surface area (Å²) in [7, 11) is 0. The van der Waals surface area contributed by atoms with E-state index in [1.54, 1.807) is 4.90 Å². The number of hydrogen-bond donors (Lipinski definition) is 1. The van der Waals surface area contributed by atoms with Gasteiger partial charge in [-0.3, -0.25) is 4.79 Å². The summed E-state index contributed by atoms with van der Waals surface area (Å²) in [4.78, 5) is 37.2. The van der Waals surface area contributed by atoms with E-state index in [0.29, 0.717) is 18.9 Å². The lowest BCUT2D eigenvalue weighted by Gasteiger charge is -2.40. The maximum Gasteiger partial charge on any atom is 0.407 e. The molecule has 0 radical (unpaired) electrons. The Balaban J connectivity index is 2.04. The van der Waals surface area contributed by atoms with E-state index in [2.05, 4.69) is 9.97 Å². The van der Waals surface area contributed by atoms with Crippen molar-refractivity contribution in [2.75, 3.05) is 13.1 Å². The van der Waals surface area contributed by atoms with Crippen LogP contribution in [0.15, 0.2) is 30.5 Å². The van der Waals surface area contributed by atoms with Crippen molar-refractivity contribution in [1.29, 1.82) is 0 Å². The second kappa shape index (κ2) is 8.83. The summed E-state index contributed by atoms with van der Waals surface area (Å²) in [5, 5.41) is 9.74. The summed E-state index contributed by atoms with van der Waals surface area (Å²) >= 11 is 6.43. The maximum atomic E-state index is 13.6. The standard InChI is InChI=1S/C23H29ClN4O3/c1-14(2)11-28(20(29)17-10-25-21(23(3,4)5)26-19(17)24)18-13-27(22(30)31)12-15-8-6-7-9-16(15)18/h6-10,14,18H,11-13H2,1-5H3,(H,30,31). The normalized spacial score (nSPS) is 16.2. The number of hydrogen-bond acceptors (Lipinski definition) is 4. The van der Waals surface area contributed by atoms with E-state index in [-0.39, 0.29) is 34.5 Å². The molecule has 2 amide bonds. The summed E-state index contributed by atoms with van der Waals surface area (Å²) in [6.45, 7) is 10.9. The van der Waals surface area contributed by atoms with Gasteiger partial charge in [0.15, 0.2) is 0 Å². The number of rotatable bonds is 4. The van der Waals surface area contributed by atoms with Crippen molar-refractivity contribution in [3.05, 3.63) is 58.1 Å². The van der Waals surface area contributed by atoms with Crippen LogP contribution in [0.1, 0.15) is 68.0 Å². The van der Waals surface area contributed by atoms with E-state index < -0.39 is 12.1 Å². The van der Waals surface area contributed by atoms with E-state index in [1.807, 2.05) is 58.9 Å². The fourth-order valence-corrected chi connectivity index (χ4v) is 3.97. The molecule has 1 aliphatic rings. The Labute approximate surface area is 188 Å². The fourth-order valence-electron chi connectivity index (χ4n) is 3.76. The molecule has 0 saturated carbocycles. The van der Waals surface area contributed by atoms with Crippen molar-refractivity contribution in [1.82, 2.24) is 19.8 Å². The molecule has 1 aromatic heterocycles. The maximum absolute atomic E-state index is 13.6. The molecule has 3 rings (SSSR count). The van der Waals surface area contributed by atoms with Gasteiger partial charge in [-0.25, -0.2) is 14.8 Å². The van der Waals surface area contributed by atoms with Gasteiger partial charge in [0.1, 0.15) is 11.0 Å². The molecule has 1 N–H and O–H groups in total. The van der Waals surface area contributed by atoms with Gasteiger partial charge in [0.05, 0.1) is 11.6 Å². The SMILES string of the molecule is CC(C)CN(C(=O)c1cnc(C(C)(C)C)nc1Cl)C1CN(C(=O)O)Cc2ccccc21. The van der Waals surface area contributed by atoms with Crippen LogP contribution in [0.3, 0.4) is 0 Å². The van der Waals surface area contributed by atoms with E-state index >= 15 is 0 Å². The molecule has 7 nitrogen and oxygen atoms in total. The highest BCUT2D eigenvalue weighted by Gasteiger charge is 2.36. The molecule has 1 aromatic carbocycles. The number of amides is 2. The van der Waals surface area contributed by atoms with Crippen LogP contribution >= 0.6 is 11.6 Å². The number of aromatic nitrogens is 2. The van der Waals surface area contributed by atoms with E-state index in [0.717, 1.165) is 11.1 Å². The summed E-state index contributed by atoms with van der Waals surface area (Å²) in [6.07, 6.45) is 0.474. The lowest BCUT2D eigenvalue weighted by Crippen LogP contribution is -2.47. The Morgan fingerprint density at radius 2 is 1.97 bits per heavy atom. The van der Waals surface area contributed by atoms with E-state index in [9.17, 15) is 14.7 Å². The van der Waals surface area contributed by atoms with Gasteiger partial charge in [-0.15, -0.1) is 0 Å². The molecule has 1 aliphatic heterocycles. The van der Waals surface area contributed by atoms with Crippen LogP contribution in [0.25, 0.3) is 0 Å². The predicted molar refractivity (Wildman–Crippen MR) is 119 cm³/mol. The predicted octanol–water partition coefficient (Wildman–Crippen LogP) is 4.76. The Morgan fingerprint density at radius 1 is 1.29 bits per heavy atom. The minimum Gasteiger partial charge on any atom is -0.465 e. The third kappa shape index (κ3) is 4.98. The Morgan fingerprint density at radius 3 is 2.55 bits per heavy atom. The van der Waals surface area contributed by atoms with Crippen LogP contribution in [0.2, 0.25) is 5.15 Å². The first kappa shape index (κ1) is 23.0. The zero-order chi connectivity index (χ0) is 22.9. The molecule has 1 atom stereocenters. The third-order valence-electron chi connectivity index (χ3n) is 5.28. The molecular formula is C23H29ClN4O3. The van der Waals surface area contributed by atoms with Gasteiger partial charge in [0.2, 0.25) is 0 Å². The quantitative estimate of drug-likeness (QED) is 0.687. The lowest BCUT2D eigenvalue weighted by molar-refractivity contribution is 0.0550. The first-order valence-electron chi connectivity index (χ1n) is 10.4. The van der Waals surface area contributed by atoms with Crippen LogP contribution in [0, 0.1) is 5.92 Å². The van der Waals surface area contributed by atoms with Gasteiger partial charge in [0.25, 0.3) is 5.91 Å². The molecule has 1 unspecified atom stereocenters. The Hall–Kier alpha value is -2.67. The molecular weight excluding hydrogens is 416 g/mol. The van der Waals surface area contributed by atoms with E-state index in [1.165, 1.54) is 11.1 Å². The molecule has 166 valence electrons. The summed E-state index contributed by atoms with van der Waals surface area (Å²) in [6, 6.07) is 7.24. The molecule has 0 saturated heterocycles. The number of benzene rings is 1. The van der Waals surface area contributed by atoms with Crippen LogP contribution in [-0.4, -0.2) is 50.0 Å². The van der Waals surface area contributed by atoms with Gasteiger partial charge in [-0.05, 0) is 17.0 Å².